The maximum absolute atomic E-state index is 12.4. The summed E-state index contributed by atoms with van der Waals surface area (Å²) in [6.45, 7) is 6.13. The molecule has 2 aromatic heterocycles. The van der Waals surface area contributed by atoms with E-state index in [1.807, 2.05) is 20.8 Å². The number of carbonyl (C=O) groups excluding carboxylic acids is 3. The maximum Gasteiger partial charge on any atom is 0.261 e. The van der Waals surface area contributed by atoms with Crippen molar-refractivity contribution in [1.29, 1.82) is 0 Å². The highest BCUT2D eigenvalue weighted by molar-refractivity contribution is 6.21. The molecule has 0 bridgehead atoms. The Morgan fingerprint density at radius 2 is 1.63 bits per heavy atom. The van der Waals surface area contributed by atoms with Crippen LogP contribution in [-0.2, 0) is 4.79 Å². The molecule has 0 unspecified atom stereocenters. The summed E-state index contributed by atoms with van der Waals surface area (Å²) in [6.07, 6.45) is 1.96. The zero-order valence-corrected chi connectivity index (χ0v) is 21.3. The van der Waals surface area contributed by atoms with Crippen LogP contribution in [0.2, 0.25) is 0 Å². The largest absolute Gasteiger partial charge is 0.439 e. The van der Waals surface area contributed by atoms with Gasteiger partial charge in [-0.1, -0.05) is 12.1 Å². The van der Waals surface area contributed by atoms with Crippen molar-refractivity contribution in [2.24, 2.45) is 0 Å². The lowest BCUT2D eigenvalue weighted by Crippen LogP contribution is -2.31. The highest BCUT2D eigenvalue weighted by Gasteiger charge is 2.34. The number of hydrogen-bond donors (Lipinski definition) is 1. The van der Waals surface area contributed by atoms with Gasteiger partial charge in [0.15, 0.2) is 5.82 Å². The molecule has 38 heavy (non-hydrogen) atoms. The quantitative estimate of drug-likeness (QED) is 0.349. The molecule has 10 heteroatoms. The van der Waals surface area contributed by atoms with Crippen LogP contribution >= 0.6 is 0 Å². The number of anilines is 1. The predicted octanol–water partition coefficient (Wildman–Crippen LogP) is 4.39. The molecule has 0 fully saturated rings. The van der Waals surface area contributed by atoms with Crippen LogP contribution in [0, 0.1) is 20.8 Å². The first kappa shape index (κ1) is 24.8. The van der Waals surface area contributed by atoms with Gasteiger partial charge >= 0.3 is 0 Å². The SMILES string of the molecule is Cc1nn(-c2cc(Oc3ccc(NC(=O)CCCN4C(=O)c5ccccc5C4=O)cc3)ncn2)c(C)c1C. The number of amides is 3. The Hall–Kier alpha value is -4.86. The van der Waals surface area contributed by atoms with Gasteiger partial charge in [0.2, 0.25) is 11.8 Å². The van der Waals surface area contributed by atoms with Gasteiger partial charge in [-0.25, -0.2) is 14.6 Å². The number of ether oxygens (including phenoxy) is 1. The molecular weight excluding hydrogens is 484 g/mol. The number of benzene rings is 2. The Labute approximate surface area is 219 Å². The van der Waals surface area contributed by atoms with Crippen LogP contribution in [0.25, 0.3) is 5.82 Å². The lowest BCUT2D eigenvalue weighted by atomic mass is 10.1. The van der Waals surface area contributed by atoms with Crippen LogP contribution in [-0.4, -0.2) is 48.9 Å². The third-order valence-electron chi connectivity index (χ3n) is 6.52. The standard InChI is InChI=1S/C28H26N6O4/c1-17-18(2)32-34(19(17)3)24-15-26(30-16-29-24)38-21-12-10-20(11-13-21)31-25(35)9-6-14-33-27(36)22-7-4-5-8-23(22)28(33)37/h4-5,7-8,10-13,15-16H,6,9,14H2,1-3H3,(H,31,35). The molecular formula is C28H26N6O4. The lowest BCUT2D eigenvalue weighted by molar-refractivity contribution is -0.116. The summed E-state index contributed by atoms with van der Waals surface area (Å²) in [4.78, 5) is 47.0. The summed E-state index contributed by atoms with van der Waals surface area (Å²) in [6, 6.07) is 15.4. The van der Waals surface area contributed by atoms with E-state index in [1.165, 1.54) is 11.2 Å². The van der Waals surface area contributed by atoms with Crippen molar-refractivity contribution >= 4 is 23.4 Å². The van der Waals surface area contributed by atoms with Crippen LogP contribution in [0.4, 0.5) is 5.69 Å². The number of imide groups is 1. The minimum atomic E-state index is -0.317. The molecule has 4 aromatic rings. The van der Waals surface area contributed by atoms with Crippen molar-refractivity contribution in [3.8, 4) is 17.4 Å². The number of fused-ring (bicyclic) bond motifs is 1. The highest BCUT2D eigenvalue weighted by Crippen LogP contribution is 2.25. The summed E-state index contributed by atoms with van der Waals surface area (Å²) in [7, 11) is 0. The van der Waals surface area contributed by atoms with Crippen molar-refractivity contribution in [1.82, 2.24) is 24.6 Å². The molecule has 3 heterocycles. The van der Waals surface area contributed by atoms with Crippen molar-refractivity contribution in [2.75, 3.05) is 11.9 Å². The molecule has 192 valence electrons. The van der Waals surface area contributed by atoms with Gasteiger partial charge < -0.3 is 10.1 Å². The van der Waals surface area contributed by atoms with Crippen LogP contribution in [0.15, 0.2) is 60.9 Å². The van der Waals surface area contributed by atoms with Crippen molar-refractivity contribution in [3.63, 3.8) is 0 Å². The Morgan fingerprint density at radius 1 is 0.947 bits per heavy atom. The summed E-state index contributed by atoms with van der Waals surface area (Å²) >= 11 is 0. The summed E-state index contributed by atoms with van der Waals surface area (Å²) in [5, 5.41) is 7.34. The fourth-order valence-corrected chi connectivity index (χ4v) is 4.24. The van der Waals surface area contributed by atoms with E-state index in [0.717, 1.165) is 17.0 Å². The van der Waals surface area contributed by atoms with Gasteiger partial charge in [0.1, 0.15) is 12.1 Å². The third-order valence-corrected chi connectivity index (χ3v) is 6.52. The van der Waals surface area contributed by atoms with Crippen molar-refractivity contribution < 1.29 is 19.1 Å². The van der Waals surface area contributed by atoms with Crippen LogP contribution in [0.1, 0.15) is 50.5 Å². The van der Waals surface area contributed by atoms with E-state index in [2.05, 4.69) is 20.4 Å². The van der Waals surface area contributed by atoms with Crippen LogP contribution in [0.3, 0.4) is 0 Å². The number of carbonyl (C=O) groups is 3. The second-order valence-corrected chi connectivity index (χ2v) is 9.01. The molecule has 1 aliphatic heterocycles. The minimum absolute atomic E-state index is 0.168. The van der Waals surface area contributed by atoms with Crippen LogP contribution in [0.5, 0.6) is 11.6 Å². The number of rotatable bonds is 8. The van der Waals surface area contributed by atoms with E-state index >= 15 is 0 Å². The Kier molecular flexibility index (Phi) is 6.69. The van der Waals surface area contributed by atoms with Gasteiger partial charge in [-0.05, 0) is 69.2 Å². The lowest BCUT2D eigenvalue weighted by Gasteiger charge is -2.13. The molecule has 2 aromatic carbocycles. The van der Waals surface area contributed by atoms with Gasteiger partial charge in [0.25, 0.3) is 11.8 Å². The fraction of sp³-hybridized carbons (Fsp3) is 0.214. The van der Waals surface area contributed by atoms with Gasteiger partial charge in [0.05, 0.1) is 16.8 Å². The molecule has 0 saturated heterocycles. The van der Waals surface area contributed by atoms with Gasteiger partial charge in [-0.3, -0.25) is 19.3 Å². The smallest absolute Gasteiger partial charge is 0.261 e. The number of hydrogen-bond acceptors (Lipinski definition) is 7. The van der Waals surface area contributed by atoms with Crippen molar-refractivity contribution in [3.05, 3.63) is 89.0 Å². The Morgan fingerprint density at radius 3 is 2.26 bits per heavy atom. The highest BCUT2D eigenvalue weighted by atomic mass is 16.5. The first-order valence-electron chi connectivity index (χ1n) is 12.2. The summed E-state index contributed by atoms with van der Waals surface area (Å²) in [5.41, 5.74) is 4.45. The molecule has 0 aliphatic carbocycles. The number of nitrogens with one attached hydrogen (secondary N) is 1. The monoisotopic (exact) mass is 510 g/mol. The van der Waals surface area contributed by atoms with Crippen molar-refractivity contribution in [2.45, 2.75) is 33.6 Å². The first-order valence-corrected chi connectivity index (χ1v) is 12.2. The van der Waals surface area contributed by atoms with E-state index in [0.29, 0.717) is 40.7 Å². The predicted molar refractivity (Wildman–Crippen MR) is 140 cm³/mol. The second-order valence-electron chi connectivity index (χ2n) is 9.01. The summed E-state index contributed by atoms with van der Waals surface area (Å²) in [5.74, 6) is 0.669. The molecule has 0 spiro atoms. The molecule has 1 aliphatic rings. The average molecular weight is 511 g/mol. The topological polar surface area (TPSA) is 119 Å². The third kappa shape index (κ3) is 4.88. The van der Waals surface area contributed by atoms with E-state index in [-0.39, 0.29) is 30.7 Å². The number of nitrogens with zero attached hydrogens (tertiary/aromatic N) is 5. The number of aryl methyl sites for hydroxylation is 1. The fourth-order valence-electron chi connectivity index (χ4n) is 4.24. The molecule has 0 radical (unpaired) electrons. The molecule has 10 nitrogen and oxygen atoms in total. The normalized spacial score (nSPS) is 12.6. The van der Waals surface area contributed by atoms with Gasteiger partial charge in [-0.2, -0.15) is 5.10 Å². The molecule has 0 saturated carbocycles. The first-order chi connectivity index (χ1) is 18.3. The van der Waals surface area contributed by atoms with Gasteiger partial charge in [-0.15, -0.1) is 0 Å². The Bertz CT molecular complexity index is 1510. The maximum atomic E-state index is 12.4. The average Bonchev–Trinajstić information content (AvgIpc) is 3.32. The Balaban J connectivity index is 1.14. The van der Waals surface area contributed by atoms with E-state index in [4.69, 9.17) is 4.74 Å². The number of aromatic nitrogens is 4. The molecule has 3 amide bonds. The van der Waals surface area contributed by atoms with E-state index in [9.17, 15) is 14.4 Å². The van der Waals surface area contributed by atoms with E-state index in [1.54, 1.807) is 59.3 Å². The molecule has 5 rings (SSSR count). The summed E-state index contributed by atoms with van der Waals surface area (Å²) < 4.78 is 7.63. The zero-order chi connectivity index (χ0) is 26.8. The second kappa shape index (κ2) is 10.3. The van der Waals surface area contributed by atoms with E-state index < -0.39 is 0 Å². The zero-order valence-electron chi connectivity index (χ0n) is 21.3. The minimum Gasteiger partial charge on any atom is -0.439 e. The van der Waals surface area contributed by atoms with Crippen LogP contribution < -0.4 is 10.1 Å². The molecule has 1 N–H and O–H groups in total. The molecule has 0 atom stereocenters. The van der Waals surface area contributed by atoms with Gasteiger partial charge in [0, 0.05) is 30.4 Å².